The molecule has 0 aromatic rings. The molecular formula is C21H45BO. The Balaban J connectivity index is 6.08. The number of aliphatic hydroxyl groups is 1. The van der Waals surface area contributed by atoms with Crippen LogP contribution in [0.4, 0.5) is 0 Å². The van der Waals surface area contributed by atoms with Crippen molar-refractivity contribution in [2.24, 2.45) is 39.4 Å². The first kappa shape index (κ1) is 23.0. The molecule has 0 radical (unpaired) electrons. The van der Waals surface area contributed by atoms with Gasteiger partial charge >= 0.3 is 0 Å². The van der Waals surface area contributed by atoms with Gasteiger partial charge in [0.25, 0.3) is 0 Å². The van der Waals surface area contributed by atoms with E-state index in [0.717, 1.165) is 0 Å². The molecule has 2 heteroatoms. The van der Waals surface area contributed by atoms with Gasteiger partial charge in [-0.25, -0.2) is 0 Å². The van der Waals surface area contributed by atoms with Crippen molar-refractivity contribution in [2.75, 3.05) is 0 Å². The second-order valence-electron chi connectivity index (χ2n) is 11.0. The summed E-state index contributed by atoms with van der Waals surface area (Å²) in [5.41, 5.74) is -0.928. The Labute approximate surface area is 148 Å². The number of hydrogen-bond donors (Lipinski definition) is 1. The monoisotopic (exact) mass is 324 g/mol. The summed E-state index contributed by atoms with van der Waals surface area (Å²) in [6.07, 6.45) is 0. The second-order valence-corrected chi connectivity index (χ2v) is 11.0. The highest BCUT2D eigenvalue weighted by atomic mass is 16.3. The van der Waals surface area contributed by atoms with Gasteiger partial charge in [0.1, 0.15) is 7.85 Å². The SMILES string of the molecule is BC(O)(C(C)(C)C(C)C)C(C)(C)C(C)(C)C(C)C(C)(C)C(C)C. The minimum atomic E-state index is -0.765. The fourth-order valence-corrected chi connectivity index (χ4v) is 3.97. The van der Waals surface area contributed by atoms with E-state index in [4.69, 9.17) is 0 Å². The van der Waals surface area contributed by atoms with Crippen molar-refractivity contribution in [3.63, 3.8) is 0 Å². The van der Waals surface area contributed by atoms with Gasteiger partial charge in [-0.2, -0.15) is 0 Å². The van der Waals surface area contributed by atoms with Crippen LogP contribution >= 0.6 is 0 Å². The van der Waals surface area contributed by atoms with Crippen LogP contribution in [0.2, 0.25) is 0 Å². The van der Waals surface area contributed by atoms with Gasteiger partial charge < -0.3 is 5.11 Å². The molecule has 0 aliphatic rings. The van der Waals surface area contributed by atoms with Crippen molar-refractivity contribution in [1.29, 1.82) is 0 Å². The number of hydrogen-bond acceptors (Lipinski definition) is 1. The fourth-order valence-electron chi connectivity index (χ4n) is 3.97. The third-order valence-corrected chi connectivity index (χ3v) is 9.21. The lowest BCUT2D eigenvalue weighted by Crippen LogP contribution is -2.64. The molecule has 2 unspecified atom stereocenters. The Morgan fingerprint density at radius 2 is 1.00 bits per heavy atom. The van der Waals surface area contributed by atoms with Gasteiger partial charge in [0, 0.05) is 5.50 Å². The zero-order valence-electron chi connectivity index (χ0n) is 18.7. The van der Waals surface area contributed by atoms with Crippen LogP contribution in [0.15, 0.2) is 0 Å². The lowest BCUT2D eigenvalue weighted by Gasteiger charge is -2.62. The molecule has 0 fully saturated rings. The minimum Gasteiger partial charge on any atom is -0.398 e. The molecule has 0 spiro atoms. The van der Waals surface area contributed by atoms with Crippen molar-refractivity contribution < 1.29 is 5.11 Å². The zero-order valence-corrected chi connectivity index (χ0v) is 18.7. The fraction of sp³-hybridized carbons (Fsp3) is 1.00. The lowest BCUT2D eigenvalue weighted by molar-refractivity contribution is -0.174. The van der Waals surface area contributed by atoms with Crippen LogP contribution in [0, 0.1) is 39.4 Å². The highest BCUT2D eigenvalue weighted by molar-refractivity contribution is 6.15. The Hall–Kier alpha value is 0.0249. The van der Waals surface area contributed by atoms with Crippen LogP contribution in [0.5, 0.6) is 0 Å². The predicted octanol–water partition coefficient (Wildman–Crippen LogP) is 5.36. The number of rotatable bonds is 7. The van der Waals surface area contributed by atoms with Gasteiger partial charge in [-0.15, -0.1) is 0 Å². The van der Waals surface area contributed by atoms with Crippen molar-refractivity contribution in [3.05, 3.63) is 0 Å². The topological polar surface area (TPSA) is 20.2 Å². The average molecular weight is 324 g/mol. The van der Waals surface area contributed by atoms with Crippen LogP contribution in [-0.2, 0) is 0 Å². The molecule has 1 nitrogen and oxygen atoms in total. The van der Waals surface area contributed by atoms with Crippen LogP contribution in [0.1, 0.15) is 90.0 Å². The van der Waals surface area contributed by atoms with Crippen LogP contribution in [-0.4, -0.2) is 18.5 Å². The molecule has 0 heterocycles. The maximum atomic E-state index is 11.7. The highest BCUT2D eigenvalue weighted by Crippen LogP contribution is 2.60. The molecule has 23 heavy (non-hydrogen) atoms. The first-order chi connectivity index (χ1) is 9.79. The predicted molar refractivity (Wildman–Crippen MR) is 107 cm³/mol. The van der Waals surface area contributed by atoms with E-state index in [2.05, 4.69) is 97.9 Å². The summed E-state index contributed by atoms with van der Waals surface area (Å²) in [5.74, 6) is 1.51. The van der Waals surface area contributed by atoms with Crippen LogP contribution in [0.3, 0.4) is 0 Å². The Bertz CT molecular complexity index is 400. The van der Waals surface area contributed by atoms with Crippen LogP contribution in [0.25, 0.3) is 0 Å². The largest absolute Gasteiger partial charge is 0.398 e. The second kappa shape index (κ2) is 6.39. The normalized spacial score (nSPS) is 19.1. The molecule has 138 valence electrons. The van der Waals surface area contributed by atoms with E-state index in [1.165, 1.54) is 0 Å². The summed E-state index contributed by atoms with van der Waals surface area (Å²) < 4.78 is 0. The Morgan fingerprint density at radius 1 is 0.652 bits per heavy atom. The van der Waals surface area contributed by atoms with Gasteiger partial charge in [-0.1, -0.05) is 90.0 Å². The van der Waals surface area contributed by atoms with E-state index in [0.29, 0.717) is 17.8 Å². The van der Waals surface area contributed by atoms with E-state index in [9.17, 15) is 5.11 Å². The molecule has 0 saturated heterocycles. The third kappa shape index (κ3) is 3.39. The van der Waals surface area contributed by atoms with Crippen molar-refractivity contribution in [3.8, 4) is 0 Å². The van der Waals surface area contributed by atoms with Crippen LogP contribution < -0.4 is 0 Å². The van der Waals surface area contributed by atoms with Gasteiger partial charge in [-0.3, -0.25) is 0 Å². The average Bonchev–Trinajstić information content (AvgIpc) is 2.36. The summed E-state index contributed by atoms with van der Waals surface area (Å²) >= 11 is 0. The third-order valence-electron chi connectivity index (χ3n) is 9.21. The van der Waals surface area contributed by atoms with Gasteiger partial charge in [0.2, 0.25) is 0 Å². The van der Waals surface area contributed by atoms with E-state index in [-0.39, 0.29) is 21.7 Å². The molecule has 0 aliphatic heterocycles. The molecule has 0 rings (SSSR count). The van der Waals surface area contributed by atoms with E-state index in [1.54, 1.807) is 0 Å². The van der Waals surface area contributed by atoms with E-state index >= 15 is 0 Å². The molecule has 0 aromatic heterocycles. The first-order valence-corrected chi connectivity index (χ1v) is 9.52. The Kier molecular flexibility index (Phi) is 6.40. The molecule has 0 amide bonds. The molecule has 0 aliphatic carbocycles. The first-order valence-electron chi connectivity index (χ1n) is 9.52. The summed E-state index contributed by atoms with van der Waals surface area (Å²) in [5, 5.41) is 11.7. The van der Waals surface area contributed by atoms with Gasteiger partial charge in [0.05, 0.1) is 0 Å². The standard InChI is InChI=1S/C21H45BO/c1-14(2)17(6,7)16(5)19(10,11)20(12,13)21(22,23)18(8,9)15(3)4/h14-16,23H,22H2,1-13H3. The minimum absolute atomic E-state index is 0.00354. The molecule has 1 N–H and O–H groups in total. The lowest BCUT2D eigenvalue weighted by atomic mass is 9.40. The Morgan fingerprint density at radius 3 is 1.26 bits per heavy atom. The van der Waals surface area contributed by atoms with E-state index in [1.807, 2.05) is 0 Å². The van der Waals surface area contributed by atoms with Gasteiger partial charge in [0.15, 0.2) is 0 Å². The summed E-state index contributed by atoms with van der Waals surface area (Å²) in [6.45, 7) is 29.9. The van der Waals surface area contributed by atoms with Crippen molar-refractivity contribution >= 4 is 7.85 Å². The quantitative estimate of drug-likeness (QED) is 0.625. The molecule has 0 aromatic carbocycles. The summed E-state index contributed by atoms with van der Waals surface area (Å²) in [7, 11) is 2.06. The van der Waals surface area contributed by atoms with Gasteiger partial charge in [-0.05, 0) is 39.4 Å². The molecular weight excluding hydrogens is 279 g/mol. The van der Waals surface area contributed by atoms with Crippen molar-refractivity contribution in [2.45, 2.75) is 95.5 Å². The highest BCUT2D eigenvalue weighted by Gasteiger charge is 2.59. The zero-order chi connectivity index (χ0) is 19.2. The van der Waals surface area contributed by atoms with Crippen molar-refractivity contribution in [1.82, 2.24) is 0 Å². The maximum absolute atomic E-state index is 11.7. The molecule has 0 saturated carbocycles. The smallest absolute Gasteiger partial charge is 0.144 e. The molecule has 0 bridgehead atoms. The van der Waals surface area contributed by atoms with E-state index < -0.39 is 5.50 Å². The maximum Gasteiger partial charge on any atom is 0.144 e. The summed E-state index contributed by atoms with van der Waals surface area (Å²) in [6, 6.07) is 0. The summed E-state index contributed by atoms with van der Waals surface area (Å²) in [4.78, 5) is 0. The molecule has 2 atom stereocenters.